The van der Waals surface area contributed by atoms with E-state index in [0.717, 1.165) is 19.3 Å². The van der Waals surface area contributed by atoms with E-state index in [1.807, 2.05) is 0 Å². The van der Waals surface area contributed by atoms with Gasteiger partial charge in [-0.3, -0.25) is 4.79 Å². The highest BCUT2D eigenvalue weighted by atomic mass is 16.5. The van der Waals surface area contributed by atoms with Crippen LogP contribution in [0.5, 0.6) is 0 Å². The summed E-state index contributed by atoms with van der Waals surface area (Å²) in [6.45, 7) is 3.08. The first kappa shape index (κ1) is 11.8. The summed E-state index contributed by atoms with van der Waals surface area (Å²) in [7, 11) is 0. The highest BCUT2D eigenvalue weighted by Gasteiger charge is 2.35. The van der Waals surface area contributed by atoms with Crippen LogP contribution in [0.3, 0.4) is 0 Å². The number of rotatable bonds is 3. The zero-order chi connectivity index (χ0) is 11.4. The van der Waals surface area contributed by atoms with Crippen molar-refractivity contribution < 1.29 is 14.3 Å². The minimum atomic E-state index is -0.252. The fourth-order valence-electron chi connectivity index (χ4n) is 2.25. The lowest BCUT2D eigenvalue weighted by Gasteiger charge is -2.37. The maximum Gasteiger partial charge on any atom is 0.226 e. The summed E-state index contributed by atoms with van der Waals surface area (Å²) in [5, 5.41) is 3.10. The number of ether oxygens (including phenoxy) is 2. The van der Waals surface area contributed by atoms with Crippen LogP contribution in [0.25, 0.3) is 0 Å². The van der Waals surface area contributed by atoms with Crippen LogP contribution in [0.2, 0.25) is 0 Å². The van der Waals surface area contributed by atoms with Crippen molar-refractivity contribution in [2.45, 2.75) is 24.8 Å². The summed E-state index contributed by atoms with van der Waals surface area (Å²) in [6.07, 6.45) is 2.44. The van der Waals surface area contributed by atoms with Gasteiger partial charge < -0.3 is 20.5 Å². The Hall–Kier alpha value is -0.650. The van der Waals surface area contributed by atoms with Crippen molar-refractivity contribution in [3.05, 3.63) is 0 Å². The second-order valence-corrected chi connectivity index (χ2v) is 4.65. The maximum atomic E-state index is 12.0. The standard InChI is InChI=1S/C11H20N2O3/c12-8-11(2-5-15-6-3-11)13-10(14)9-1-4-16-7-9/h9H,1-8,12H2,(H,13,14). The van der Waals surface area contributed by atoms with Gasteiger partial charge in [-0.25, -0.2) is 0 Å². The van der Waals surface area contributed by atoms with Crippen LogP contribution in [0.1, 0.15) is 19.3 Å². The van der Waals surface area contributed by atoms with Crippen LogP contribution in [0.4, 0.5) is 0 Å². The summed E-state index contributed by atoms with van der Waals surface area (Å²) >= 11 is 0. The Kier molecular flexibility index (Phi) is 3.78. The third kappa shape index (κ3) is 2.53. The van der Waals surface area contributed by atoms with Crippen molar-refractivity contribution in [2.24, 2.45) is 11.7 Å². The molecule has 5 heteroatoms. The number of hydrogen-bond donors (Lipinski definition) is 2. The lowest BCUT2D eigenvalue weighted by Crippen LogP contribution is -2.57. The molecule has 0 aromatic carbocycles. The molecule has 5 nitrogen and oxygen atoms in total. The van der Waals surface area contributed by atoms with Gasteiger partial charge in [-0.1, -0.05) is 0 Å². The molecule has 0 saturated carbocycles. The molecule has 1 amide bonds. The van der Waals surface area contributed by atoms with E-state index in [2.05, 4.69) is 5.32 Å². The first-order valence-electron chi connectivity index (χ1n) is 5.93. The molecule has 0 spiro atoms. The maximum absolute atomic E-state index is 12.0. The molecule has 0 radical (unpaired) electrons. The molecule has 2 saturated heterocycles. The van der Waals surface area contributed by atoms with Crippen LogP contribution < -0.4 is 11.1 Å². The molecule has 0 aliphatic carbocycles. The highest BCUT2D eigenvalue weighted by molar-refractivity contribution is 5.79. The fourth-order valence-corrected chi connectivity index (χ4v) is 2.25. The van der Waals surface area contributed by atoms with Crippen LogP contribution >= 0.6 is 0 Å². The number of carbonyl (C=O) groups is 1. The Morgan fingerprint density at radius 2 is 2.06 bits per heavy atom. The largest absolute Gasteiger partial charge is 0.381 e. The molecule has 2 aliphatic rings. The molecule has 0 bridgehead atoms. The van der Waals surface area contributed by atoms with Gasteiger partial charge in [0.2, 0.25) is 5.91 Å². The normalized spacial score (nSPS) is 28.9. The quantitative estimate of drug-likeness (QED) is 0.692. The van der Waals surface area contributed by atoms with E-state index >= 15 is 0 Å². The van der Waals surface area contributed by atoms with Gasteiger partial charge in [0.1, 0.15) is 0 Å². The van der Waals surface area contributed by atoms with Gasteiger partial charge in [0.25, 0.3) is 0 Å². The Morgan fingerprint density at radius 1 is 1.31 bits per heavy atom. The zero-order valence-electron chi connectivity index (χ0n) is 9.54. The minimum absolute atomic E-state index is 0.00581. The predicted molar refractivity (Wildman–Crippen MR) is 58.9 cm³/mol. The Balaban J connectivity index is 1.91. The molecule has 2 heterocycles. The zero-order valence-corrected chi connectivity index (χ0v) is 9.54. The topological polar surface area (TPSA) is 73.6 Å². The number of hydrogen-bond acceptors (Lipinski definition) is 4. The molecule has 16 heavy (non-hydrogen) atoms. The Bertz CT molecular complexity index is 246. The molecular formula is C11H20N2O3. The van der Waals surface area contributed by atoms with Gasteiger partial charge in [0, 0.05) is 26.4 Å². The minimum Gasteiger partial charge on any atom is -0.381 e. The molecule has 2 aliphatic heterocycles. The van der Waals surface area contributed by atoms with E-state index in [9.17, 15) is 4.79 Å². The fraction of sp³-hybridized carbons (Fsp3) is 0.909. The van der Waals surface area contributed by atoms with E-state index in [1.165, 1.54) is 0 Å². The van der Waals surface area contributed by atoms with E-state index in [0.29, 0.717) is 33.0 Å². The van der Waals surface area contributed by atoms with Crippen LogP contribution in [0, 0.1) is 5.92 Å². The average Bonchev–Trinajstić information content (AvgIpc) is 2.84. The van der Waals surface area contributed by atoms with Crippen molar-refractivity contribution >= 4 is 5.91 Å². The number of nitrogens with one attached hydrogen (secondary N) is 1. The SMILES string of the molecule is NCC1(NC(=O)C2CCOC2)CCOCC1. The van der Waals surface area contributed by atoms with E-state index < -0.39 is 0 Å². The average molecular weight is 228 g/mol. The van der Waals surface area contributed by atoms with Crippen LogP contribution in [-0.4, -0.2) is 44.4 Å². The summed E-state index contributed by atoms with van der Waals surface area (Å²) in [6, 6.07) is 0. The lowest BCUT2D eigenvalue weighted by molar-refractivity contribution is -0.128. The predicted octanol–water partition coefficient (Wildman–Crippen LogP) is -0.353. The van der Waals surface area contributed by atoms with Crippen molar-refractivity contribution in [1.29, 1.82) is 0 Å². The van der Waals surface area contributed by atoms with Gasteiger partial charge >= 0.3 is 0 Å². The van der Waals surface area contributed by atoms with E-state index in [4.69, 9.17) is 15.2 Å². The summed E-state index contributed by atoms with van der Waals surface area (Å²) in [5.41, 5.74) is 5.53. The van der Waals surface area contributed by atoms with Crippen LogP contribution in [0.15, 0.2) is 0 Å². The van der Waals surface area contributed by atoms with Crippen molar-refractivity contribution in [2.75, 3.05) is 33.0 Å². The summed E-state index contributed by atoms with van der Waals surface area (Å²) < 4.78 is 10.5. The van der Waals surface area contributed by atoms with Gasteiger partial charge in [0.15, 0.2) is 0 Å². The molecule has 1 atom stereocenters. The van der Waals surface area contributed by atoms with Gasteiger partial charge in [-0.05, 0) is 19.3 Å². The summed E-state index contributed by atoms with van der Waals surface area (Å²) in [4.78, 5) is 12.0. The third-order valence-corrected chi connectivity index (χ3v) is 3.53. The van der Waals surface area contributed by atoms with Gasteiger partial charge in [0.05, 0.1) is 18.1 Å². The molecule has 2 fully saturated rings. The second-order valence-electron chi connectivity index (χ2n) is 4.65. The first-order valence-corrected chi connectivity index (χ1v) is 5.93. The molecule has 0 aromatic rings. The second kappa shape index (κ2) is 5.12. The number of nitrogens with two attached hydrogens (primary N) is 1. The van der Waals surface area contributed by atoms with E-state index in [-0.39, 0.29) is 17.4 Å². The monoisotopic (exact) mass is 228 g/mol. The van der Waals surface area contributed by atoms with E-state index in [1.54, 1.807) is 0 Å². The molecule has 3 N–H and O–H groups in total. The number of carbonyl (C=O) groups excluding carboxylic acids is 1. The number of amides is 1. The highest BCUT2D eigenvalue weighted by Crippen LogP contribution is 2.21. The van der Waals surface area contributed by atoms with Gasteiger partial charge in [-0.15, -0.1) is 0 Å². The molecular weight excluding hydrogens is 208 g/mol. The molecule has 0 aromatic heterocycles. The molecule has 92 valence electrons. The smallest absolute Gasteiger partial charge is 0.226 e. The lowest BCUT2D eigenvalue weighted by atomic mass is 9.89. The van der Waals surface area contributed by atoms with Gasteiger partial charge in [-0.2, -0.15) is 0 Å². The van der Waals surface area contributed by atoms with Crippen molar-refractivity contribution in [3.63, 3.8) is 0 Å². The van der Waals surface area contributed by atoms with Crippen molar-refractivity contribution in [1.82, 2.24) is 5.32 Å². The Labute approximate surface area is 95.7 Å². The molecule has 2 rings (SSSR count). The third-order valence-electron chi connectivity index (χ3n) is 3.53. The summed E-state index contributed by atoms with van der Waals surface area (Å²) in [5.74, 6) is 0.0936. The van der Waals surface area contributed by atoms with Crippen molar-refractivity contribution in [3.8, 4) is 0 Å². The van der Waals surface area contributed by atoms with Crippen LogP contribution in [-0.2, 0) is 14.3 Å². The molecule has 1 unspecified atom stereocenters. The first-order chi connectivity index (χ1) is 7.76. The Morgan fingerprint density at radius 3 is 2.62 bits per heavy atom.